The molecular weight excluding hydrogens is 348 g/mol. The first kappa shape index (κ1) is 16.6. The first-order chi connectivity index (χ1) is 12.9. The number of nitro benzene ring substituents is 1. The summed E-state index contributed by atoms with van der Waals surface area (Å²) in [6.07, 6.45) is 1.45. The second-order valence-electron chi connectivity index (χ2n) is 6.32. The largest absolute Gasteiger partial charge is 0.362 e. The first-order valence-electron chi connectivity index (χ1n) is 8.17. The molecule has 2 amide bonds. The van der Waals surface area contributed by atoms with Crippen molar-refractivity contribution >= 4 is 34.5 Å². The van der Waals surface area contributed by atoms with E-state index in [1.165, 1.54) is 24.4 Å². The normalized spacial score (nSPS) is 13.8. The second kappa shape index (κ2) is 5.87. The molecule has 0 spiro atoms. The van der Waals surface area contributed by atoms with Gasteiger partial charge in [-0.3, -0.25) is 19.7 Å². The van der Waals surface area contributed by atoms with Crippen molar-refractivity contribution in [2.24, 2.45) is 5.10 Å². The van der Waals surface area contributed by atoms with E-state index in [4.69, 9.17) is 0 Å². The highest BCUT2D eigenvalue weighted by atomic mass is 16.6. The Morgan fingerprint density at radius 1 is 1.11 bits per heavy atom. The Balaban J connectivity index is 1.84. The predicted molar refractivity (Wildman–Crippen MR) is 99.0 cm³/mol. The van der Waals surface area contributed by atoms with Gasteiger partial charge in [-0.15, -0.1) is 0 Å². The zero-order valence-electron chi connectivity index (χ0n) is 14.5. The van der Waals surface area contributed by atoms with Crippen LogP contribution in [0.4, 0.5) is 5.69 Å². The Morgan fingerprint density at radius 2 is 1.81 bits per heavy atom. The summed E-state index contributed by atoms with van der Waals surface area (Å²) in [5, 5.41) is 16.7. The smallest absolute Gasteiger partial charge is 0.282 e. The molecule has 8 nitrogen and oxygen atoms in total. The van der Waals surface area contributed by atoms with Crippen LogP contribution in [-0.2, 0) is 0 Å². The SMILES string of the molecule is Cc1cc(/C=N/N2C(=O)c3cccc4c([N+](=O)[O-])ccc(c34)C2=O)c(C)[nH]1. The summed E-state index contributed by atoms with van der Waals surface area (Å²) in [6.45, 7) is 3.76. The number of rotatable bonds is 3. The standard InChI is InChI=1S/C19H14N4O4/c1-10-8-12(11(2)21-10)9-20-22-18(24)14-5-3-4-13-16(23(26)27)7-6-15(17(13)14)19(22)25/h3-9,21H,1-2H3/b20-9+. The number of H-pyrrole nitrogens is 1. The zero-order chi connectivity index (χ0) is 19.3. The van der Waals surface area contributed by atoms with Gasteiger partial charge in [0.25, 0.3) is 17.5 Å². The van der Waals surface area contributed by atoms with Crippen LogP contribution in [0.2, 0.25) is 0 Å². The third-order valence-electron chi connectivity index (χ3n) is 4.56. The van der Waals surface area contributed by atoms with Gasteiger partial charge in [0.2, 0.25) is 0 Å². The summed E-state index contributed by atoms with van der Waals surface area (Å²) in [6, 6.07) is 9.13. The molecule has 27 heavy (non-hydrogen) atoms. The number of hydrazone groups is 1. The van der Waals surface area contributed by atoms with Crippen molar-refractivity contribution in [1.29, 1.82) is 0 Å². The third kappa shape index (κ3) is 2.50. The number of hydrogen-bond donors (Lipinski definition) is 1. The minimum atomic E-state index is -0.611. The monoisotopic (exact) mass is 362 g/mol. The molecule has 0 fully saturated rings. The third-order valence-corrected chi connectivity index (χ3v) is 4.56. The number of benzene rings is 2. The van der Waals surface area contributed by atoms with Crippen LogP contribution in [0.3, 0.4) is 0 Å². The molecule has 2 aromatic carbocycles. The van der Waals surface area contributed by atoms with E-state index in [9.17, 15) is 19.7 Å². The predicted octanol–water partition coefficient (Wildman–Crippen LogP) is 3.32. The van der Waals surface area contributed by atoms with Gasteiger partial charge < -0.3 is 4.98 Å². The number of aromatic nitrogens is 1. The van der Waals surface area contributed by atoms with E-state index in [1.54, 1.807) is 12.1 Å². The second-order valence-corrected chi connectivity index (χ2v) is 6.32. The highest BCUT2D eigenvalue weighted by Crippen LogP contribution is 2.35. The fourth-order valence-electron chi connectivity index (χ4n) is 3.33. The molecule has 0 saturated heterocycles. The number of aromatic amines is 1. The lowest BCUT2D eigenvalue weighted by Crippen LogP contribution is -2.36. The maximum Gasteiger partial charge on any atom is 0.282 e. The maximum absolute atomic E-state index is 12.8. The molecule has 8 heteroatoms. The number of nitrogens with one attached hydrogen (secondary N) is 1. The average Bonchev–Trinajstić information content (AvgIpc) is 2.96. The molecule has 1 aliphatic heterocycles. The number of nitrogens with zero attached hydrogens (tertiary/aromatic N) is 3. The number of non-ortho nitro benzene ring substituents is 1. The Labute approximate surface area is 153 Å². The lowest BCUT2D eigenvalue weighted by molar-refractivity contribution is -0.383. The Bertz CT molecular complexity index is 1150. The van der Waals surface area contributed by atoms with E-state index >= 15 is 0 Å². The van der Waals surface area contributed by atoms with Gasteiger partial charge in [0.05, 0.1) is 27.7 Å². The lowest BCUT2D eigenvalue weighted by atomic mass is 9.94. The van der Waals surface area contributed by atoms with E-state index in [-0.39, 0.29) is 22.2 Å². The van der Waals surface area contributed by atoms with Gasteiger partial charge in [-0.05, 0) is 38.1 Å². The topological polar surface area (TPSA) is 109 Å². The minimum Gasteiger partial charge on any atom is -0.362 e. The van der Waals surface area contributed by atoms with Crippen LogP contribution in [0.1, 0.15) is 37.7 Å². The van der Waals surface area contributed by atoms with Crippen LogP contribution in [0, 0.1) is 24.0 Å². The zero-order valence-corrected chi connectivity index (χ0v) is 14.5. The highest BCUT2D eigenvalue weighted by Gasteiger charge is 2.34. The average molecular weight is 362 g/mol. The molecule has 0 aliphatic carbocycles. The molecule has 0 unspecified atom stereocenters. The van der Waals surface area contributed by atoms with E-state index in [0.717, 1.165) is 22.0 Å². The van der Waals surface area contributed by atoms with Gasteiger partial charge in [-0.2, -0.15) is 10.1 Å². The van der Waals surface area contributed by atoms with Crippen LogP contribution in [0.15, 0.2) is 41.5 Å². The lowest BCUT2D eigenvalue weighted by Gasteiger charge is -2.22. The quantitative estimate of drug-likeness (QED) is 0.333. The van der Waals surface area contributed by atoms with E-state index in [0.29, 0.717) is 5.39 Å². The van der Waals surface area contributed by atoms with Crippen molar-refractivity contribution in [3.63, 3.8) is 0 Å². The van der Waals surface area contributed by atoms with Crippen LogP contribution in [-0.4, -0.2) is 32.9 Å². The molecule has 0 bridgehead atoms. The number of nitro groups is 1. The van der Waals surface area contributed by atoms with Crippen molar-refractivity contribution in [3.05, 3.63) is 74.6 Å². The molecule has 0 atom stereocenters. The molecule has 2 heterocycles. The van der Waals surface area contributed by atoms with E-state index in [2.05, 4.69) is 10.1 Å². The van der Waals surface area contributed by atoms with Crippen LogP contribution < -0.4 is 0 Å². The molecule has 0 radical (unpaired) electrons. The number of aryl methyl sites for hydroxylation is 2. The Hall–Kier alpha value is -3.81. The van der Waals surface area contributed by atoms with Crippen LogP contribution >= 0.6 is 0 Å². The molecule has 1 aliphatic rings. The summed E-state index contributed by atoms with van der Waals surface area (Å²) in [5.41, 5.74) is 2.85. The molecule has 0 saturated carbocycles. The molecule has 1 N–H and O–H groups in total. The van der Waals surface area contributed by atoms with Crippen LogP contribution in [0.5, 0.6) is 0 Å². The van der Waals surface area contributed by atoms with Gasteiger partial charge >= 0.3 is 0 Å². The summed E-state index contributed by atoms with van der Waals surface area (Å²) in [4.78, 5) is 39.5. The van der Waals surface area contributed by atoms with Gasteiger partial charge in [0.1, 0.15) is 0 Å². The summed E-state index contributed by atoms with van der Waals surface area (Å²) >= 11 is 0. The highest BCUT2D eigenvalue weighted by molar-refractivity contribution is 6.26. The van der Waals surface area contributed by atoms with E-state index < -0.39 is 16.7 Å². The van der Waals surface area contributed by atoms with Crippen molar-refractivity contribution in [2.75, 3.05) is 0 Å². The Morgan fingerprint density at radius 3 is 2.44 bits per heavy atom. The number of amides is 2. The van der Waals surface area contributed by atoms with Gasteiger partial charge in [0.15, 0.2) is 0 Å². The maximum atomic E-state index is 12.8. The van der Waals surface area contributed by atoms with E-state index in [1.807, 2.05) is 19.9 Å². The van der Waals surface area contributed by atoms with Gasteiger partial charge in [0, 0.05) is 28.4 Å². The summed E-state index contributed by atoms with van der Waals surface area (Å²) < 4.78 is 0. The summed E-state index contributed by atoms with van der Waals surface area (Å²) in [5.74, 6) is -1.22. The number of carbonyl (C=O) groups is 2. The fourth-order valence-corrected chi connectivity index (χ4v) is 3.33. The van der Waals surface area contributed by atoms with Crippen LogP contribution in [0.25, 0.3) is 10.8 Å². The Kier molecular flexibility index (Phi) is 3.62. The van der Waals surface area contributed by atoms with Crippen molar-refractivity contribution in [1.82, 2.24) is 9.99 Å². The molecule has 3 aromatic rings. The van der Waals surface area contributed by atoms with Crippen molar-refractivity contribution < 1.29 is 14.5 Å². The fraction of sp³-hybridized carbons (Fsp3) is 0.105. The number of carbonyl (C=O) groups excluding carboxylic acids is 2. The molecular formula is C19H14N4O4. The van der Waals surface area contributed by atoms with Gasteiger partial charge in [-0.25, -0.2) is 0 Å². The van der Waals surface area contributed by atoms with Gasteiger partial charge in [-0.1, -0.05) is 6.07 Å². The molecule has 134 valence electrons. The number of hydrogen-bond acceptors (Lipinski definition) is 5. The van der Waals surface area contributed by atoms with Crippen molar-refractivity contribution in [2.45, 2.75) is 13.8 Å². The molecule has 1 aromatic heterocycles. The van der Waals surface area contributed by atoms with Crippen molar-refractivity contribution in [3.8, 4) is 0 Å². The number of imide groups is 1. The molecule has 4 rings (SSSR count). The minimum absolute atomic E-state index is 0.147. The first-order valence-corrected chi connectivity index (χ1v) is 8.17. The summed E-state index contributed by atoms with van der Waals surface area (Å²) in [7, 11) is 0.